The Balaban J connectivity index is 2.04. The Kier molecular flexibility index (Phi) is 3.87. The number of carbonyl (C=O) groups excluding carboxylic acids is 1. The van der Waals surface area contributed by atoms with E-state index in [2.05, 4.69) is 0 Å². The molecule has 0 fully saturated rings. The van der Waals surface area contributed by atoms with Gasteiger partial charge in [0.2, 0.25) is 5.91 Å². The predicted molar refractivity (Wildman–Crippen MR) is 93.3 cm³/mol. The molecule has 0 aliphatic rings. The van der Waals surface area contributed by atoms with Crippen molar-refractivity contribution in [2.45, 2.75) is 6.54 Å². The molecule has 136 valence electrons. The fourth-order valence-electron chi connectivity index (χ4n) is 3.36. The average molecular weight is 372 g/mol. The van der Waals surface area contributed by atoms with Crippen molar-refractivity contribution in [2.24, 2.45) is 5.73 Å². The lowest BCUT2D eigenvalue weighted by Crippen LogP contribution is -2.11. The van der Waals surface area contributed by atoms with Gasteiger partial charge in [-0.3, -0.25) is 4.79 Å². The number of aromatic nitrogens is 1. The largest absolute Gasteiger partial charge is 0.366 e. The number of carbonyl (C=O) groups is 1. The summed E-state index contributed by atoms with van der Waals surface area (Å²) in [5.41, 5.74) is 6.54. The van der Waals surface area contributed by atoms with E-state index in [1.54, 1.807) is 16.7 Å². The van der Waals surface area contributed by atoms with E-state index in [1.165, 1.54) is 24.3 Å². The summed E-state index contributed by atoms with van der Waals surface area (Å²) in [6.45, 7) is -0.142. The lowest BCUT2D eigenvalue weighted by molar-refractivity contribution is 0.100. The van der Waals surface area contributed by atoms with Crippen LogP contribution in [0.3, 0.4) is 0 Å². The van der Waals surface area contributed by atoms with E-state index in [-0.39, 0.29) is 17.7 Å². The van der Waals surface area contributed by atoms with E-state index >= 15 is 0 Å². The van der Waals surface area contributed by atoms with Crippen molar-refractivity contribution in [3.63, 3.8) is 0 Å². The highest BCUT2D eigenvalue weighted by atomic mass is 19.2. The summed E-state index contributed by atoms with van der Waals surface area (Å²) < 4.78 is 56.4. The normalized spacial score (nSPS) is 11.4. The Labute approximate surface area is 150 Å². The number of rotatable bonds is 3. The fraction of sp³-hybridized carbons (Fsp3) is 0.0500. The van der Waals surface area contributed by atoms with Crippen molar-refractivity contribution in [3.05, 3.63) is 82.9 Å². The minimum Gasteiger partial charge on any atom is -0.366 e. The molecule has 1 aromatic heterocycles. The molecule has 0 saturated carbocycles. The van der Waals surface area contributed by atoms with Crippen molar-refractivity contribution in [2.75, 3.05) is 0 Å². The molecule has 0 aliphatic heterocycles. The molecule has 0 saturated heterocycles. The van der Waals surface area contributed by atoms with Gasteiger partial charge in [0, 0.05) is 27.4 Å². The first kappa shape index (κ1) is 17.1. The van der Waals surface area contributed by atoms with E-state index in [0.717, 1.165) is 12.1 Å². The van der Waals surface area contributed by atoms with Crippen LogP contribution >= 0.6 is 0 Å². The lowest BCUT2D eigenvalue weighted by Gasteiger charge is -2.10. The van der Waals surface area contributed by atoms with Gasteiger partial charge in [0.15, 0.2) is 17.5 Å². The van der Waals surface area contributed by atoms with E-state index in [1.807, 2.05) is 0 Å². The third-order valence-corrected chi connectivity index (χ3v) is 4.56. The molecule has 0 radical (unpaired) electrons. The molecule has 3 aromatic carbocycles. The van der Waals surface area contributed by atoms with E-state index in [4.69, 9.17) is 5.73 Å². The number of benzene rings is 3. The zero-order valence-electron chi connectivity index (χ0n) is 13.8. The molecule has 4 rings (SSSR count). The molecule has 27 heavy (non-hydrogen) atoms. The van der Waals surface area contributed by atoms with Crippen LogP contribution in [-0.2, 0) is 6.54 Å². The number of hydrogen-bond donors (Lipinski definition) is 1. The predicted octanol–water partition coefficient (Wildman–Crippen LogP) is 4.50. The molecule has 1 amide bonds. The third-order valence-electron chi connectivity index (χ3n) is 4.56. The van der Waals surface area contributed by atoms with Crippen LogP contribution in [0.15, 0.2) is 48.5 Å². The molecular formula is C20H12F4N2O. The smallest absolute Gasteiger partial charge is 0.249 e. The quantitative estimate of drug-likeness (QED) is 0.418. The zero-order valence-corrected chi connectivity index (χ0v) is 13.8. The maximum Gasteiger partial charge on any atom is 0.249 e. The maximum atomic E-state index is 14.2. The Hall–Kier alpha value is -3.35. The molecule has 0 unspecified atom stereocenters. The van der Waals surface area contributed by atoms with E-state index in [0.29, 0.717) is 21.8 Å². The molecule has 0 spiro atoms. The van der Waals surface area contributed by atoms with Gasteiger partial charge in [0.05, 0.1) is 12.1 Å². The van der Waals surface area contributed by atoms with Crippen LogP contribution < -0.4 is 5.73 Å². The summed E-state index contributed by atoms with van der Waals surface area (Å²) in [7, 11) is 0. The summed E-state index contributed by atoms with van der Waals surface area (Å²) in [6.07, 6.45) is 0. The molecule has 1 heterocycles. The topological polar surface area (TPSA) is 48.0 Å². The van der Waals surface area contributed by atoms with Gasteiger partial charge in [-0.25, -0.2) is 17.6 Å². The Morgan fingerprint density at radius 2 is 1.70 bits per heavy atom. The second kappa shape index (κ2) is 6.12. The minimum absolute atomic E-state index is 0.0819. The van der Waals surface area contributed by atoms with Gasteiger partial charge in [-0.2, -0.15) is 0 Å². The number of primary amides is 1. The number of amides is 1. The zero-order chi connectivity index (χ0) is 19.3. The number of hydrogen-bond acceptors (Lipinski definition) is 1. The number of nitrogens with zero attached hydrogens (tertiary/aromatic N) is 1. The fourth-order valence-corrected chi connectivity index (χ4v) is 3.36. The van der Waals surface area contributed by atoms with Crippen LogP contribution in [0.4, 0.5) is 17.6 Å². The molecule has 4 aromatic rings. The first-order chi connectivity index (χ1) is 12.9. The summed E-state index contributed by atoms with van der Waals surface area (Å²) in [5.74, 6) is -5.34. The average Bonchev–Trinajstić information content (AvgIpc) is 2.95. The van der Waals surface area contributed by atoms with Gasteiger partial charge in [0.1, 0.15) is 5.82 Å². The van der Waals surface area contributed by atoms with Crippen LogP contribution in [0.1, 0.15) is 15.9 Å². The number of halogens is 4. The summed E-state index contributed by atoms with van der Waals surface area (Å²) in [4.78, 5) is 11.8. The van der Waals surface area contributed by atoms with Crippen molar-refractivity contribution < 1.29 is 22.4 Å². The van der Waals surface area contributed by atoms with E-state index < -0.39 is 29.2 Å². The molecule has 0 aliphatic carbocycles. The van der Waals surface area contributed by atoms with Crippen LogP contribution in [0, 0.1) is 23.3 Å². The second-order valence-electron chi connectivity index (χ2n) is 6.15. The van der Waals surface area contributed by atoms with Gasteiger partial charge >= 0.3 is 0 Å². The van der Waals surface area contributed by atoms with Crippen LogP contribution in [0.2, 0.25) is 0 Å². The van der Waals surface area contributed by atoms with Crippen molar-refractivity contribution >= 4 is 27.7 Å². The monoisotopic (exact) mass is 372 g/mol. The van der Waals surface area contributed by atoms with Crippen molar-refractivity contribution in [1.29, 1.82) is 0 Å². The maximum absolute atomic E-state index is 14.2. The molecule has 0 atom stereocenters. The van der Waals surface area contributed by atoms with Crippen molar-refractivity contribution in [3.8, 4) is 0 Å². The summed E-state index contributed by atoms with van der Waals surface area (Å²) in [6, 6.07) is 10.7. The van der Waals surface area contributed by atoms with Crippen LogP contribution in [-0.4, -0.2) is 10.5 Å². The van der Waals surface area contributed by atoms with Crippen LogP contribution in [0.25, 0.3) is 21.8 Å². The van der Waals surface area contributed by atoms with Gasteiger partial charge in [-0.1, -0.05) is 12.1 Å². The van der Waals surface area contributed by atoms with Crippen LogP contribution in [0.5, 0.6) is 0 Å². The van der Waals surface area contributed by atoms with E-state index in [9.17, 15) is 22.4 Å². The number of nitrogens with two attached hydrogens (primary N) is 1. The first-order valence-corrected chi connectivity index (χ1v) is 8.01. The SMILES string of the molecule is NC(=O)c1cccc2c1c1cc(F)ccc1n2Cc1ccc(F)c(F)c1F. The summed E-state index contributed by atoms with van der Waals surface area (Å²) >= 11 is 0. The highest BCUT2D eigenvalue weighted by Gasteiger charge is 2.19. The molecular weight excluding hydrogens is 360 g/mol. The minimum atomic E-state index is -1.56. The first-order valence-electron chi connectivity index (χ1n) is 8.01. The number of fused-ring (bicyclic) bond motifs is 3. The molecule has 7 heteroatoms. The Bertz CT molecular complexity index is 1230. The second-order valence-corrected chi connectivity index (χ2v) is 6.15. The summed E-state index contributed by atoms with van der Waals surface area (Å²) in [5, 5.41) is 0.838. The Morgan fingerprint density at radius 3 is 2.44 bits per heavy atom. The Morgan fingerprint density at radius 1 is 0.926 bits per heavy atom. The molecule has 3 nitrogen and oxygen atoms in total. The standard InChI is InChI=1S/C20H12F4N2O/c21-11-5-7-15-13(8-11)17-12(20(25)27)2-1-3-16(17)26(15)9-10-4-6-14(22)19(24)18(10)23/h1-8H,9H2,(H2,25,27). The highest BCUT2D eigenvalue weighted by molar-refractivity contribution is 6.17. The van der Waals surface area contributed by atoms with Gasteiger partial charge in [-0.15, -0.1) is 0 Å². The molecule has 2 N–H and O–H groups in total. The van der Waals surface area contributed by atoms with Gasteiger partial charge in [-0.05, 0) is 36.4 Å². The molecule has 0 bridgehead atoms. The van der Waals surface area contributed by atoms with Gasteiger partial charge < -0.3 is 10.3 Å². The third kappa shape index (κ3) is 2.63. The van der Waals surface area contributed by atoms with Gasteiger partial charge in [0.25, 0.3) is 0 Å². The highest BCUT2D eigenvalue weighted by Crippen LogP contribution is 2.33. The van der Waals surface area contributed by atoms with Crippen molar-refractivity contribution in [1.82, 2.24) is 4.57 Å². The lowest BCUT2D eigenvalue weighted by atomic mass is 10.1.